The maximum atomic E-state index is 13.4. The van der Waals surface area contributed by atoms with Crippen molar-refractivity contribution in [1.29, 1.82) is 0 Å². The van der Waals surface area contributed by atoms with Crippen LogP contribution in [-0.4, -0.2) is 33.7 Å². The highest BCUT2D eigenvalue weighted by Crippen LogP contribution is 2.24. The number of hydrogen-bond acceptors (Lipinski definition) is 3. The third-order valence-electron chi connectivity index (χ3n) is 5.40. The second-order valence-electron chi connectivity index (χ2n) is 8.00. The standard InChI is InChI=1S/C23H25N3O2/c1-16-12-17(2)14-25(13-16)23(28)21-19-10-6-7-11-20(19)22(27)26(24-21)15-18-8-4-3-5-9-18/h3-11,16-17H,12-15H2,1-2H3. The molecule has 1 amide bonds. The molecule has 2 aromatic carbocycles. The number of hydrogen-bond donors (Lipinski definition) is 0. The molecule has 0 N–H and O–H groups in total. The minimum atomic E-state index is -0.170. The van der Waals surface area contributed by atoms with Crippen LogP contribution in [0.3, 0.4) is 0 Å². The molecule has 5 heteroatoms. The number of rotatable bonds is 3. The highest BCUT2D eigenvalue weighted by molar-refractivity contribution is 6.04. The molecule has 2 atom stereocenters. The van der Waals surface area contributed by atoms with Gasteiger partial charge < -0.3 is 4.90 Å². The first-order valence-electron chi connectivity index (χ1n) is 9.86. The Balaban J connectivity index is 1.80. The molecular weight excluding hydrogens is 350 g/mol. The fourth-order valence-electron chi connectivity index (χ4n) is 4.24. The van der Waals surface area contributed by atoms with Gasteiger partial charge in [0.05, 0.1) is 11.9 Å². The van der Waals surface area contributed by atoms with Gasteiger partial charge in [-0.3, -0.25) is 9.59 Å². The number of amides is 1. The van der Waals surface area contributed by atoms with Crippen molar-refractivity contribution < 1.29 is 4.79 Å². The summed E-state index contributed by atoms with van der Waals surface area (Å²) in [6.45, 7) is 6.17. The van der Waals surface area contributed by atoms with E-state index in [1.807, 2.05) is 53.4 Å². The zero-order chi connectivity index (χ0) is 19.7. The van der Waals surface area contributed by atoms with Gasteiger partial charge in [-0.05, 0) is 29.9 Å². The lowest BCUT2D eigenvalue weighted by Crippen LogP contribution is -2.43. The highest BCUT2D eigenvalue weighted by atomic mass is 16.2. The molecule has 0 radical (unpaired) electrons. The van der Waals surface area contributed by atoms with E-state index in [0.717, 1.165) is 25.1 Å². The van der Waals surface area contributed by atoms with Crippen LogP contribution in [0.1, 0.15) is 36.3 Å². The van der Waals surface area contributed by atoms with E-state index in [1.54, 1.807) is 6.07 Å². The Morgan fingerprint density at radius 1 is 0.964 bits per heavy atom. The van der Waals surface area contributed by atoms with E-state index in [0.29, 0.717) is 34.8 Å². The summed E-state index contributed by atoms with van der Waals surface area (Å²) in [4.78, 5) is 28.2. The molecule has 4 rings (SSSR count). The SMILES string of the molecule is CC1CC(C)CN(C(=O)c2nn(Cc3ccccc3)c(=O)c3ccccc23)C1. The summed E-state index contributed by atoms with van der Waals surface area (Å²) in [5, 5.41) is 5.70. The van der Waals surface area contributed by atoms with Crippen molar-refractivity contribution in [1.82, 2.24) is 14.7 Å². The molecule has 1 saturated heterocycles. The van der Waals surface area contributed by atoms with Crippen molar-refractivity contribution in [3.8, 4) is 0 Å². The Morgan fingerprint density at radius 3 is 2.25 bits per heavy atom. The van der Waals surface area contributed by atoms with Gasteiger partial charge in [0.15, 0.2) is 5.69 Å². The minimum absolute atomic E-state index is 0.0867. The molecule has 2 unspecified atom stereocenters. The number of piperidine rings is 1. The average Bonchev–Trinajstić information content (AvgIpc) is 2.70. The molecule has 0 spiro atoms. The van der Waals surface area contributed by atoms with Crippen molar-refractivity contribution in [3.63, 3.8) is 0 Å². The summed E-state index contributed by atoms with van der Waals surface area (Å²) in [6.07, 6.45) is 1.13. The third-order valence-corrected chi connectivity index (χ3v) is 5.40. The predicted molar refractivity (Wildman–Crippen MR) is 110 cm³/mol. The van der Waals surface area contributed by atoms with E-state index >= 15 is 0 Å². The van der Waals surface area contributed by atoms with Crippen LogP contribution in [0.2, 0.25) is 0 Å². The van der Waals surface area contributed by atoms with Gasteiger partial charge in [0.1, 0.15) is 0 Å². The third kappa shape index (κ3) is 3.57. The number of benzene rings is 2. The topological polar surface area (TPSA) is 55.2 Å². The summed E-state index contributed by atoms with van der Waals surface area (Å²) in [6, 6.07) is 17.0. The Morgan fingerprint density at radius 2 is 1.57 bits per heavy atom. The van der Waals surface area contributed by atoms with Crippen LogP contribution in [0.4, 0.5) is 0 Å². The summed E-state index contributed by atoms with van der Waals surface area (Å²) >= 11 is 0. The smallest absolute Gasteiger partial charge is 0.274 e. The van der Waals surface area contributed by atoms with Gasteiger partial charge in [-0.25, -0.2) is 4.68 Å². The van der Waals surface area contributed by atoms with Crippen LogP contribution in [0.15, 0.2) is 59.4 Å². The quantitative estimate of drug-likeness (QED) is 0.703. The summed E-state index contributed by atoms with van der Waals surface area (Å²) in [7, 11) is 0. The number of fused-ring (bicyclic) bond motifs is 1. The van der Waals surface area contributed by atoms with Crippen LogP contribution in [0.5, 0.6) is 0 Å². The van der Waals surface area contributed by atoms with Crippen molar-refractivity contribution in [2.24, 2.45) is 11.8 Å². The molecule has 3 aromatic rings. The Hall–Kier alpha value is -2.95. The summed E-state index contributed by atoms with van der Waals surface area (Å²) < 4.78 is 1.42. The van der Waals surface area contributed by atoms with Gasteiger partial charge >= 0.3 is 0 Å². The molecule has 1 fully saturated rings. The Bertz CT molecular complexity index is 1050. The Kier molecular flexibility index (Phi) is 4.99. The molecule has 28 heavy (non-hydrogen) atoms. The van der Waals surface area contributed by atoms with Gasteiger partial charge in [-0.2, -0.15) is 5.10 Å². The van der Waals surface area contributed by atoms with E-state index in [9.17, 15) is 9.59 Å². The van der Waals surface area contributed by atoms with Crippen LogP contribution in [-0.2, 0) is 6.54 Å². The summed E-state index contributed by atoms with van der Waals surface area (Å²) in [5.41, 5.74) is 1.18. The second kappa shape index (κ2) is 7.58. The van der Waals surface area contributed by atoms with Crippen LogP contribution in [0, 0.1) is 11.8 Å². The normalized spacial score (nSPS) is 19.7. The molecule has 144 valence electrons. The van der Waals surface area contributed by atoms with Crippen molar-refractivity contribution in [2.45, 2.75) is 26.8 Å². The van der Waals surface area contributed by atoms with Crippen molar-refractivity contribution in [3.05, 3.63) is 76.2 Å². The largest absolute Gasteiger partial charge is 0.337 e. The molecule has 0 saturated carbocycles. The maximum absolute atomic E-state index is 13.4. The number of carbonyl (C=O) groups is 1. The monoisotopic (exact) mass is 375 g/mol. The predicted octanol–water partition coefficient (Wildman–Crippen LogP) is 3.56. The van der Waals surface area contributed by atoms with Crippen molar-refractivity contribution >= 4 is 16.7 Å². The average molecular weight is 375 g/mol. The molecule has 1 aliphatic heterocycles. The number of carbonyl (C=O) groups excluding carboxylic acids is 1. The molecular formula is C23H25N3O2. The van der Waals surface area contributed by atoms with Gasteiger partial charge in [-0.15, -0.1) is 0 Å². The zero-order valence-electron chi connectivity index (χ0n) is 16.3. The molecule has 5 nitrogen and oxygen atoms in total. The highest BCUT2D eigenvalue weighted by Gasteiger charge is 2.28. The van der Waals surface area contributed by atoms with Crippen LogP contribution in [0.25, 0.3) is 10.8 Å². The van der Waals surface area contributed by atoms with E-state index in [-0.39, 0.29) is 11.5 Å². The second-order valence-corrected chi connectivity index (χ2v) is 8.00. The number of likely N-dealkylation sites (tertiary alicyclic amines) is 1. The van der Waals surface area contributed by atoms with E-state index in [4.69, 9.17) is 0 Å². The van der Waals surface area contributed by atoms with E-state index < -0.39 is 0 Å². The first-order valence-corrected chi connectivity index (χ1v) is 9.86. The molecule has 0 aliphatic carbocycles. The van der Waals surface area contributed by atoms with Crippen LogP contribution < -0.4 is 5.56 Å². The lowest BCUT2D eigenvalue weighted by molar-refractivity contribution is 0.0617. The fourth-order valence-corrected chi connectivity index (χ4v) is 4.24. The molecule has 0 bridgehead atoms. The molecule has 1 aromatic heterocycles. The van der Waals surface area contributed by atoms with Gasteiger partial charge in [0.2, 0.25) is 0 Å². The van der Waals surface area contributed by atoms with E-state index in [2.05, 4.69) is 18.9 Å². The van der Waals surface area contributed by atoms with E-state index in [1.165, 1.54) is 4.68 Å². The molecule has 1 aliphatic rings. The zero-order valence-corrected chi connectivity index (χ0v) is 16.3. The van der Waals surface area contributed by atoms with Crippen LogP contribution >= 0.6 is 0 Å². The number of aromatic nitrogens is 2. The van der Waals surface area contributed by atoms with Gasteiger partial charge in [0, 0.05) is 18.5 Å². The van der Waals surface area contributed by atoms with Crippen molar-refractivity contribution in [2.75, 3.05) is 13.1 Å². The fraction of sp³-hybridized carbons (Fsp3) is 0.348. The first kappa shape index (κ1) is 18.4. The molecule has 2 heterocycles. The summed E-state index contributed by atoms with van der Waals surface area (Å²) in [5.74, 6) is 0.847. The van der Waals surface area contributed by atoms with Gasteiger partial charge in [-0.1, -0.05) is 62.4 Å². The first-order chi connectivity index (χ1) is 13.5. The maximum Gasteiger partial charge on any atom is 0.274 e. The lowest BCUT2D eigenvalue weighted by atomic mass is 9.91. The minimum Gasteiger partial charge on any atom is -0.337 e. The number of nitrogens with zero attached hydrogens (tertiary/aromatic N) is 3. The lowest BCUT2D eigenvalue weighted by Gasteiger charge is -2.35. The Labute approximate surface area is 164 Å². The van der Waals surface area contributed by atoms with Gasteiger partial charge in [0.25, 0.3) is 11.5 Å².